The Morgan fingerprint density at radius 2 is 1.47 bits per heavy atom. The predicted octanol–water partition coefficient (Wildman–Crippen LogP) is 1.01. The van der Waals surface area contributed by atoms with Crippen molar-refractivity contribution in [1.29, 1.82) is 10.8 Å². The summed E-state index contributed by atoms with van der Waals surface area (Å²) in [7, 11) is 0. The summed E-state index contributed by atoms with van der Waals surface area (Å²) in [6.45, 7) is 1.95. The smallest absolute Gasteiger partial charge is 0.200 e. The van der Waals surface area contributed by atoms with Crippen molar-refractivity contribution >= 4 is 30.0 Å². The lowest BCUT2D eigenvalue weighted by molar-refractivity contribution is 1.23. The first kappa shape index (κ1) is 13.2. The summed E-state index contributed by atoms with van der Waals surface area (Å²) in [6, 6.07) is 7.26. The van der Waals surface area contributed by atoms with Gasteiger partial charge in [-0.25, -0.2) is 0 Å². The maximum Gasteiger partial charge on any atom is 0.200 e. The molecule has 6 N–H and O–H groups in total. The lowest BCUT2D eigenvalue weighted by Gasteiger charge is -2.20. The van der Waals surface area contributed by atoms with E-state index < -0.39 is 0 Å². The van der Waals surface area contributed by atoms with Gasteiger partial charge >= 0.3 is 0 Å². The zero-order valence-corrected chi connectivity index (χ0v) is 9.14. The molecule has 0 bridgehead atoms. The molecule has 0 fully saturated rings. The predicted molar refractivity (Wildman–Crippen MR) is 64.7 cm³/mol. The number of guanidine groups is 2. The number of nitrogens with zero attached hydrogens (tertiary/aromatic N) is 1. The Morgan fingerprint density at radius 1 is 1.07 bits per heavy atom. The van der Waals surface area contributed by atoms with Crippen LogP contribution in [0.15, 0.2) is 24.3 Å². The molecule has 0 amide bonds. The van der Waals surface area contributed by atoms with E-state index in [0.717, 1.165) is 10.5 Å². The van der Waals surface area contributed by atoms with Crippen molar-refractivity contribution in [2.75, 3.05) is 4.90 Å². The van der Waals surface area contributed by atoms with Crippen LogP contribution in [0.2, 0.25) is 0 Å². The molecule has 0 saturated carbocycles. The Hall–Kier alpha value is -1.75. The van der Waals surface area contributed by atoms with E-state index >= 15 is 0 Å². The second kappa shape index (κ2) is 5.21. The second-order valence-corrected chi connectivity index (χ2v) is 2.94. The van der Waals surface area contributed by atoms with Crippen molar-refractivity contribution in [3.05, 3.63) is 29.8 Å². The maximum absolute atomic E-state index is 7.26. The topological polar surface area (TPSA) is 103 Å². The molecule has 0 spiro atoms. The SMILES string of the molecule is Cc1ccc(N(C(=N)N)C(=N)N)cc1.Cl. The average molecular weight is 228 g/mol. The summed E-state index contributed by atoms with van der Waals surface area (Å²) in [4.78, 5) is 1.15. The van der Waals surface area contributed by atoms with E-state index in [1.807, 2.05) is 19.1 Å². The molecule has 1 rings (SSSR count). The quantitative estimate of drug-likeness (QED) is 0.425. The normalized spacial score (nSPS) is 8.87. The van der Waals surface area contributed by atoms with Crippen molar-refractivity contribution < 1.29 is 0 Å². The molecule has 1 aromatic rings. The third-order valence-corrected chi connectivity index (χ3v) is 1.77. The summed E-state index contributed by atoms with van der Waals surface area (Å²) in [6.07, 6.45) is 0. The highest BCUT2D eigenvalue weighted by Crippen LogP contribution is 2.13. The van der Waals surface area contributed by atoms with Gasteiger partial charge < -0.3 is 11.5 Å². The van der Waals surface area contributed by atoms with Crippen molar-refractivity contribution in [2.24, 2.45) is 11.5 Å². The van der Waals surface area contributed by atoms with E-state index in [2.05, 4.69) is 0 Å². The van der Waals surface area contributed by atoms with Crippen molar-refractivity contribution in [3.63, 3.8) is 0 Å². The summed E-state index contributed by atoms with van der Waals surface area (Å²) in [5.41, 5.74) is 12.3. The largest absolute Gasteiger partial charge is 0.369 e. The molecular weight excluding hydrogens is 214 g/mol. The molecule has 0 atom stereocenters. The summed E-state index contributed by atoms with van der Waals surface area (Å²) in [5, 5.41) is 14.5. The Morgan fingerprint density at radius 3 is 1.80 bits per heavy atom. The molecule has 0 heterocycles. The molecule has 5 nitrogen and oxygen atoms in total. The first-order valence-electron chi connectivity index (χ1n) is 4.07. The van der Waals surface area contributed by atoms with Crippen LogP contribution in [-0.4, -0.2) is 11.9 Å². The van der Waals surface area contributed by atoms with Crippen LogP contribution in [0, 0.1) is 17.7 Å². The fourth-order valence-electron chi connectivity index (χ4n) is 1.10. The third-order valence-electron chi connectivity index (χ3n) is 1.77. The zero-order chi connectivity index (χ0) is 10.7. The van der Waals surface area contributed by atoms with Gasteiger partial charge in [-0.15, -0.1) is 12.4 Å². The van der Waals surface area contributed by atoms with Gasteiger partial charge in [-0.2, -0.15) is 0 Å². The first-order valence-corrected chi connectivity index (χ1v) is 4.07. The van der Waals surface area contributed by atoms with Crippen LogP contribution in [0.4, 0.5) is 5.69 Å². The number of nitrogens with two attached hydrogens (primary N) is 2. The minimum Gasteiger partial charge on any atom is -0.369 e. The molecule has 15 heavy (non-hydrogen) atoms. The van der Waals surface area contributed by atoms with E-state index in [-0.39, 0.29) is 24.3 Å². The van der Waals surface area contributed by atoms with Crippen LogP contribution in [-0.2, 0) is 0 Å². The fourth-order valence-corrected chi connectivity index (χ4v) is 1.10. The highest BCUT2D eigenvalue weighted by Gasteiger charge is 2.11. The minimum atomic E-state index is -0.263. The van der Waals surface area contributed by atoms with Crippen LogP contribution in [0.3, 0.4) is 0 Å². The standard InChI is InChI=1S/C9H13N5.ClH/c1-6-2-4-7(5-3-6)14(8(10)11)9(12)13;/h2-5H,1H3,(H3,10,11)(H3,12,13);1H. The van der Waals surface area contributed by atoms with Crippen LogP contribution < -0.4 is 16.4 Å². The minimum absolute atomic E-state index is 0. The van der Waals surface area contributed by atoms with Gasteiger partial charge in [0, 0.05) is 0 Å². The van der Waals surface area contributed by atoms with E-state index in [1.54, 1.807) is 12.1 Å². The molecule has 0 radical (unpaired) electrons. The lowest BCUT2D eigenvalue weighted by Crippen LogP contribution is -2.45. The Labute approximate surface area is 94.5 Å². The number of benzene rings is 1. The van der Waals surface area contributed by atoms with Gasteiger partial charge in [0.15, 0.2) is 11.9 Å². The Balaban J connectivity index is 0.00000196. The molecular formula is C9H14ClN5. The van der Waals surface area contributed by atoms with Gasteiger partial charge in [-0.05, 0) is 19.1 Å². The van der Waals surface area contributed by atoms with Crippen molar-refractivity contribution in [1.82, 2.24) is 0 Å². The van der Waals surface area contributed by atoms with Gasteiger partial charge in [0.25, 0.3) is 0 Å². The Bertz CT molecular complexity index is 345. The fraction of sp³-hybridized carbons (Fsp3) is 0.111. The number of rotatable bonds is 1. The number of hydrogen-bond acceptors (Lipinski definition) is 2. The van der Waals surface area contributed by atoms with Crippen LogP contribution in [0.5, 0.6) is 0 Å². The molecule has 6 heteroatoms. The van der Waals surface area contributed by atoms with Crippen LogP contribution in [0.25, 0.3) is 0 Å². The third kappa shape index (κ3) is 3.14. The van der Waals surface area contributed by atoms with Gasteiger partial charge in [-0.3, -0.25) is 15.7 Å². The molecule has 0 aliphatic carbocycles. The average Bonchev–Trinajstić information content (AvgIpc) is 2.07. The number of hydrogen-bond donors (Lipinski definition) is 4. The van der Waals surface area contributed by atoms with Gasteiger partial charge in [0.05, 0.1) is 5.69 Å². The number of halogens is 1. The highest BCUT2D eigenvalue weighted by atomic mass is 35.5. The number of anilines is 1. The zero-order valence-electron chi connectivity index (χ0n) is 8.32. The molecule has 1 aromatic carbocycles. The molecule has 0 unspecified atom stereocenters. The van der Waals surface area contributed by atoms with E-state index in [0.29, 0.717) is 5.69 Å². The van der Waals surface area contributed by atoms with E-state index in [9.17, 15) is 0 Å². The molecule has 0 aromatic heterocycles. The van der Waals surface area contributed by atoms with Crippen LogP contribution in [0.1, 0.15) is 5.56 Å². The maximum atomic E-state index is 7.26. The Kier molecular flexibility index (Phi) is 4.60. The molecule has 0 aliphatic heterocycles. The van der Waals surface area contributed by atoms with E-state index in [1.165, 1.54) is 0 Å². The summed E-state index contributed by atoms with van der Waals surface area (Å²) >= 11 is 0. The van der Waals surface area contributed by atoms with Gasteiger partial charge in [-0.1, -0.05) is 17.7 Å². The summed E-state index contributed by atoms with van der Waals surface area (Å²) < 4.78 is 0. The summed E-state index contributed by atoms with van der Waals surface area (Å²) in [5.74, 6) is -0.525. The second-order valence-electron chi connectivity index (χ2n) is 2.94. The van der Waals surface area contributed by atoms with Gasteiger partial charge in [0.1, 0.15) is 0 Å². The van der Waals surface area contributed by atoms with E-state index in [4.69, 9.17) is 22.3 Å². The number of nitrogens with one attached hydrogen (secondary N) is 2. The number of aryl methyl sites for hydroxylation is 1. The van der Waals surface area contributed by atoms with Gasteiger partial charge in [0.2, 0.25) is 0 Å². The molecule has 0 aliphatic rings. The first-order chi connectivity index (χ1) is 6.52. The van der Waals surface area contributed by atoms with Crippen molar-refractivity contribution in [3.8, 4) is 0 Å². The van der Waals surface area contributed by atoms with Crippen molar-refractivity contribution in [2.45, 2.75) is 6.92 Å². The molecule has 82 valence electrons. The lowest BCUT2D eigenvalue weighted by atomic mass is 10.2. The van der Waals surface area contributed by atoms with Crippen LogP contribution >= 0.6 is 12.4 Å². The highest BCUT2D eigenvalue weighted by molar-refractivity contribution is 6.14. The monoisotopic (exact) mass is 227 g/mol. The molecule has 0 saturated heterocycles.